The van der Waals surface area contributed by atoms with Gasteiger partial charge in [0.05, 0.1) is 5.56 Å². The number of aromatic nitrogens is 4. The number of benzene rings is 2. The van der Waals surface area contributed by atoms with E-state index < -0.39 is 0 Å². The standard InChI is InChI=1S/C20H12BrFN4O2/c1-26-9-15(13-6-10(21)2-5-17(13)26)18(27)20-24-19(25-28-20)14-8-23-16-4-3-11(22)7-12(14)16/h2-9,23H,1H3. The summed E-state index contributed by atoms with van der Waals surface area (Å²) in [5, 5.41) is 5.33. The second-order valence-corrected chi connectivity index (χ2v) is 7.38. The van der Waals surface area contributed by atoms with Crippen LogP contribution in [0.5, 0.6) is 0 Å². The van der Waals surface area contributed by atoms with Gasteiger partial charge >= 0.3 is 0 Å². The molecule has 6 nitrogen and oxygen atoms in total. The first-order valence-corrected chi connectivity index (χ1v) is 9.20. The quantitative estimate of drug-likeness (QED) is 0.408. The fraction of sp³-hybridized carbons (Fsp3) is 0.0500. The first-order valence-electron chi connectivity index (χ1n) is 8.41. The monoisotopic (exact) mass is 438 g/mol. The molecule has 138 valence electrons. The van der Waals surface area contributed by atoms with Gasteiger partial charge in [0.1, 0.15) is 5.82 Å². The van der Waals surface area contributed by atoms with Gasteiger partial charge in [-0.15, -0.1) is 0 Å². The molecule has 0 aliphatic rings. The summed E-state index contributed by atoms with van der Waals surface area (Å²) < 4.78 is 21.6. The van der Waals surface area contributed by atoms with Gasteiger partial charge in [-0.3, -0.25) is 4.79 Å². The molecule has 0 aliphatic carbocycles. The van der Waals surface area contributed by atoms with E-state index in [0.29, 0.717) is 16.5 Å². The van der Waals surface area contributed by atoms with E-state index in [9.17, 15) is 9.18 Å². The second-order valence-electron chi connectivity index (χ2n) is 6.46. The van der Waals surface area contributed by atoms with Crippen LogP contribution in [0, 0.1) is 5.82 Å². The number of hydrogen-bond acceptors (Lipinski definition) is 4. The first-order chi connectivity index (χ1) is 13.5. The van der Waals surface area contributed by atoms with Crippen LogP contribution in [0.3, 0.4) is 0 Å². The number of nitrogens with zero attached hydrogens (tertiary/aromatic N) is 3. The van der Waals surface area contributed by atoms with Gasteiger partial charge in [-0.05, 0) is 36.4 Å². The highest BCUT2D eigenvalue weighted by atomic mass is 79.9. The summed E-state index contributed by atoms with van der Waals surface area (Å²) in [5.41, 5.74) is 2.70. The Morgan fingerprint density at radius 3 is 2.93 bits per heavy atom. The van der Waals surface area contributed by atoms with Crippen molar-refractivity contribution in [2.24, 2.45) is 7.05 Å². The number of fused-ring (bicyclic) bond motifs is 2. The maximum absolute atomic E-state index is 13.6. The Kier molecular flexibility index (Phi) is 3.70. The fourth-order valence-corrected chi connectivity index (χ4v) is 3.72. The molecule has 3 aromatic heterocycles. The van der Waals surface area contributed by atoms with Gasteiger partial charge in [-0.2, -0.15) is 4.98 Å². The molecule has 5 aromatic rings. The SMILES string of the molecule is Cn1cc(C(=O)c2nc(-c3c[nH]c4ccc(F)cc34)no2)c2cc(Br)ccc21. The third-order valence-electron chi connectivity index (χ3n) is 4.70. The lowest BCUT2D eigenvalue weighted by Gasteiger charge is -1.96. The molecular formula is C20H12BrFN4O2. The number of hydrogen-bond donors (Lipinski definition) is 1. The Labute approximate surface area is 166 Å². The minimum absolute atomic E-state index is 0.117. The zero-order valence-corrected chi connectivity index (χ0v) is 16.1. The van der Waals surface area contributed by atoms with Crippen molar-refractivity contribution < 1.29 is 13.7 Å². The van der Waals surface area contributed by atoms with Crippen LogP contribution < -0.4 is 0 Å². The van der Waals surface area contributed by atoms with Gasteiger partial charge in [0.25, 0.3) is 11.7 Å². The lowest BCUT2D eigenvalue weighted by atomic mass is 10.1. The Morgan fingerprint density at radius 1 is 1.21 bits per heavy atom. The summed E-state index contributed by atoms with van der Waals surface area (Å²) in [6, 6.07) is 10.1. The van der Waals surface area contributed by atoms with Crippen molar-refractivity contribution in [1.82, 2.24) is 19.7 Å². The van der Waals surface area contributed by atoms with E-state index in [1.807, 2.05) is 29.8 Å². The van der Waals surface area contributed by atoms with Crippen LogP contribution in [0.1, 0.15) is 16.2 Å². The molecule has 8 heteroatoms. The molecule has 0 radical (unpaired) electrons. The normalized spacial score (nSPS) is 11.5. The van der Waals surface area contributed by atoms with Crippen molar-refractivity contribution in [3.63, 3.8) is 0 Å². The number of ketones is 1. The molecule has 0 unspecified atom stereocenters. The molecular weight excluding hydrogens is 427 g/mol. The summed E-state index contributed by atoms with van der Waals surface area (Å²) in [6.45, 7) is 0. The van der Waals surface area contributed by atoms with Gasteiger partial charge in [-0.25, -0.2) is 4.39 Å². The van der Waals surface area contributed by atoms with E-state index in [-0.39, 0.29) is 23.3 Å². The number of carbonyl (C=O) groups excluding carboxylic acids is 1. The van der Waals surface area contributed by atoms with E-state index in [4.69, 9.17) is 4.52 Å². The van der Waals surface area contributed by atoms with Gasteiger partial charge in [0.15, 0.2) is 0 Å². The molecule has 3 heterocycles. The lowest BCUT2D eigenvalue weighted by Crippen LogP contribution is -2.01. The molecule has 0 atom stereocenters. The van der Waals surface area contributed by atoms with Gasteiger partial charge < -0.3 is 14.1 Å². The molecule has 28 heavy (non-hydrogen) atoms. The third kappa shape index (κ3) is 2.56. The van der Waals surface area contributed by atoms with E-state index in [2.05, 4.69) is 31.1 Å². The zero-order chi connectivity index (χ0) is 19.4. The first kappa shape index (κ1) is 16.9. The molecule has 0 amide bonds. The number of aromatic amines is 1. The van der Waals surface area contributed by atoms with E-state index in [1.165, 1.54) is 12.1 Å². The molecule has 0 spiro atoms. The maximum atomic E-state index is 13.6. The topological polar surface area (TPSA) is 76.7 Å². The third-order valence-corrected chi connectivity index (χ3v) is 5.19. The minimum atomic E-state index is -0.367. The average molecular weight is 439 g/mol. The number of carbonyl (C=O) groups is 1. The van der Waals surface area contributed by atoms with Crippen LogP contribution in [-0.4, -0.2) is 25.5 Å². The summed E-state index contributed by atoms with van der Waals surface area (Å²) in [4.78, 5) is 20.3. The Bertz CT molecular complexity index is 1380. The van der Waals surface area contributed by atoms with Crippen molar-refractivity contribution >= 4 is 43.5 Å². The van der Waals surface area contributed by atoms with Crippen molar-refractivity contribution in [2.45, 2.75) is 0 Å². The van der Waals surface area contributed by atoms with Crippen molar-refractivity contribution in [3.05, 3.63) is 70.5 Å². The predicted molar refractivity (Wildman–Crippen MR) is 106 cm³/mol. The molecule has 1 N–H and O–H groups in total. The molecule has 0 fully saturated rings. The number of halogens is 2. The molecule has 2 aromatic carbocycles. The average Bonchev–Trinajstić information content (AvgIpc) is 3.38. The van der Waals surface area contributed by atoms with Crippen LogP contribution in [-0.2, 0) is 7.05 Å². The molecule has 0 saturated carbocycles. The molecule has 0 bridgehead atoms. The van der Waals surface area contributed by atoms with Crippen LogP contribution in [0.15, 0.2) is 57.8 Å². The molecule has 0 aliphatic heterocycles. The fourth-order valence-electron chi connectivity index (χ4n) is 3.36. The Balaban J connectivity index is 1.59. The van der Waals surface area contributed by atoms with Crippen LogP contribution in [0.25, 0.3) is 33.2 Å². The van der Waals surface area contributed by atoms with Gasteiger partial charge in [-0.1, -0.05) is 21.1 Å². The molecule has 0 saturated heterocycles. The smallest absolute Gasteiger partial charge is 0.299 e. The van der Waals surface area contributed by atoms with Crippen LogP contribution in [0.4, 0.5) is 4.39 Å². The maximum Gasteiger partial charge on any atom is 0.299 e. The highest BCUT2D eigenvalue weighted by Crippen LogP contribution is 2.29. The van der Waals surface area contributed by atoms with Crippen LogP contribution >= 0.6 is 15.9 Å². The summed E-state index contributed by atoms with van der Waals surface area (Å²) in [6.07, 6.45) is 3.41. The van der Waals surface area contributed by atoms with Crippen LogP contribution in [0.2, 0.25) is 0 Å². The summed E-state index contributed by atoms with van der Waals surface area (Å²) >= 11 is 3.43. The number of aryl methyl sites for hydroxylation is 1. The number of nitrogens with one attached hydrogen (secondary N) is 1. The lowest BCUT2D eigenvalue weighted by molar-refractivity contribution is 0.0995. The molecule has 5 rings (SSSR count). The van der Waals surface area contributed by atoms with Crippen molar-refractivity contribution in [1.29, 1.82) is 0 Å². The number of rotatable bonds is 3. The highest BCUT2D eigenvalue weighted by molar-refractivity contribution is 9.10. The number of H-pyrrole nitrogens is 1. The van der Waals surface area contributed by atoms with E-state index >= 15 is 0 Å². The van der Waals surface area contributed by atoms with Gasteiger partial charge in [0, 0.05) is 51.3 Å². The Morgan fingerprint density at radius 2 is 2.07 bits per heavy atom. The predicted octanol–water partition coefficient (Wildman–Crippen LogP) is 4.84. The largest absolute Gasteiger partial charge is 0.360 e. The second kappa shape index (κ2) is 6.13. The summed E-state index contributed by atoms with van der Waals surface area (Å²) in [5.74, 6) is -0.627. The summed E-state index contributed by atoms with van der Waals surface area (Å²) in [7, 11) is 1.87. The van der Waals surface area contributed by atoms with E-state index in [0.717, 1.165) is 20.9 Å². The van der Waals surface area contributed by atoms with Gasteiger partial charge in [0.2, 0.25) is 5.82 Å². The van der Waals surface area contributed by atoms with Crippen molar-refractivity contribution in [2.75, 3.05) is 0 Å². The zero-order valence-electron chi connectivity index (χ0n) is 14.5. The minimum Gasteiger partial charge on any atom is -0.360 e. The Hall–Kier alpha value is -3.26. The van der Waals surface area contributed by atoms with E-state index in [1.54, 1.807) is 18.5 Å². The highest BCUT2D eigenvalue weighted by Gasteiger charge is 2.23. The van der Waals surface area contributed by atoms with Crippen molar-refractivity contribution in [3.8, 4) is 11.4 Å².